The van der Waals surface area contributed by atoms with Crippen molar-refractivity contribution in [3.8, 4) is 0 Å². The van der Waals surface area contributed by atoms with E-state index in [-0.39, 0.29) is 29.1 Å². The second-order valence-electron chi connectivity index (χ2n) is 3.63. The van der Waals surface area contributed by atoms with Gasteiger partial charge in [-0.3, -0.25) is 4.79 Å². The minimum atomic E-state index is -1.33. The van der Waals surface area contributed by atoms with Crippen molar-refractivity contribution in [1.82, 2.24) is 0 Å². The van der Waals surface area contributed by atoms with Crippen molar-refractivity contribution in [3.63, 3.8) is 0 Å². The standard InChI is InChI=1S/C12H12O6/c1-3-18-9-4-7(11(14)15)6(2)10(12(16)17)8(9)5-13/h4,10H,3H2,1-2H3,(H,14,15)(H,16,17). The summed E-state index contributed by atoms with van der Waals surface area (Å²) >= 11 is 0. The summed E-state index contributed by atoms with van der Waals surface area (Å²) in [5.41, 5.74) is -0.284. The zero-order valence-corrected chi connectivity index (χ0v) is 9.89. The van der Waals surface area contributed by atoms with Gasteiger partial charge >= 0.3 is 11.9 Å². The quantitative estimate of drug-likeness (QED) is 0.717. The van der Waals surface area contributed by atoms with E-state index in [9.17, 15) is 14.4 Å². The Labute approximate surface area is 103 Å². The number of hydrogen-bond acceptors (Lipinski definition) is 4. The van der Waals surface area contributed by atoms with Crippen LogP contribution in [0.4, 0.5) is 0 Å². The zero-order valence-electron chi connectivity index (χ0n) is 9.89. The number of carbonyl (C=O) groups is 2. The molecule has 0 saturated carbocycles. The molecule has 1 aliphatic rings. The number of carbonyl (C=O) groups excluding carboxylic acids is 1. The van der Waals surface area contributed by atoms with E-state index in [1.807, 2.05) is 0 Å². The van der Waals surface area contributed by atoms with Crippen LogP contribution < -0.4 is 0 Å². The van der Waals surface area contributed by atoms with E-state index in [0.717, 1.165) is 6.08 Å². The van der Waals surface area contributed by atoms with Gasteiger partial charge in [0.1, 0.15) is 17.6 Å². The van der Waals surface area contributed by atoms with Crippen molar-refractivity contribution in [2.45, 2.75) is 13.8 Å². The topological polar surface area (TPSA) is 101 Å². The van der Waals surface area contributed by atoms with E-state index in [4.69, 9.17) is 14.9 Å². The molecule has 18 heavy (non-hydrogen) atoms. The average Bonchev–Trinajstić information content (AvgIpc) is 2.29. The number of carboxylic acids is 2. The summed E-state index contributed by atoms with van der Waals surface area (Å²) in [6.07, 6.45) is 1.15. The fraction of sp³-hybridized carbons (Fsp3) is 0.333. The highest BCUT2D eigenvalue weighted by Crippen LogP contribution is 2.33. The Morgan fingerprint density at radius 1 is 1.44 bits per heavy atom. The van der Waals surface area contributed by atoms with Crippen molar-refractivity contribution in [3.05, 3.63) is 28.6 Å². The number of hydrogen-bond donors (Lipinski definition) is 2. The molecule has 0 aromatic rings. The third kappa shape index (κ3) is 2.33. The van der Waals surface area contributed by atoms with Crippen LogP contribution in [-0.4, -0.2) is 34.7 Å². The first-order valence-corrected chi connectivity index (χ1v) is 5.20. The van der Waals surface area contributed by atoms with Gasteiger partial charge in [0.25, 0.3) is 0 Å². The highest BCUT2D eigenvalue weighted by atomic mass is 16.5. The SMILES string of the molecule is CCOC1=CC(C(=O)O)=C(C)C(C(=O)O)C1=C=O. The number of ether oxygens (including phenoxy) is 1. The molecule has 0 spiro atoms. The van der Waals surface area contributed by atoms with Gasteiger partial charge in [0.15, 0.2) is 0 Å². The van der Waals surface area contributed by atoms with E-state index in [1.165, 1.54) is 12.9 Å². The lowest BCUT2D eigenvalue weighted by Gasteiger charge is -2.22. The molecule has 1 rings (SSSR count). The van der Waals surface area contributed by atoms with Crippen LogP contribution in [0, 0.1) is 5.92 Å². The van der Waals surface area contributed by atoms with Crippen LogP contribution in [0.2, 0.25) is 0 Å². The Kier molecular flexibility index (Phi) is 4.07. The van der Waals surface area contributed by atoms with Gasteiger partial charge in [-0.15, -0.1) is 0 Å². The van der Waals surface area contributed by atoms with Crippen LogP contribution in [0.15, 0.2) is 28.6 Å². The molecule has 0 saturated heterocycles. The van der Waals surface area contributed by atoms with Crippen molar-refractivity contribution in [1.29, 1.82) is 0 Å². The molecule has 0 aromatic carbocycles. The molecule has 0 radical (unpaired) electrons. The number of carboxylic acid groups (broad SMARTS) is 2. The molecular formula is C12H12O6. The van der Waals surface area contributed by atoms with Gasteiger partial charge in [0.05, 0.1) is 17.8 Å². The molecule has 1 aliphatic carbocycles. The molecule has 1 unspecified atom stereocenters. The Bertz CT molecular complexity index is 505. The van der Waals surface area contributed by atoms with Crippen LogP contribution in [0.1, 0.15) is 13.8 Å². The summed E-state index contributed by atoms with van der Waals surface area (Å²) in [4.78, 5) is 33.0. The van der Waals surface area contributed by atoms with E-state index < -0.39 is 17.9 Å². The van der Waals surface area contributed by atoms with Crippen molar-refractivity contribution in [2.75, 3.05) is 6.61 Å². The molecule has 6 nitrogen and oxygen atoms in total. The van der Waals surface area contributed by atoms with E-state index in [2.05, 4.69) is 0 Å². The van der Waals surface area contributed by atoms with Gasteiger partial charge < -0.3 is 14.9 Å². The first-order valence-electron chi connectivity index (χ1n) is 5.20. The number of aliphatic carboxylic acids is 2. The van der Waals surface area contributed by atoms with Gasteiger partial charge in [0, 0.05) is 0 Å². The Balaban J connectivity index is 3.45. The molecule has 6 heteroatoms. The van der Waals surface area contributed by atoms with E-state index >= 15 is 0 Å². The first kappa shape index (κ1) is 13.7. The largest absolute Gasteiger partial charge is 0.493 e. The lowest BCUT2D eigenvalue weighted by atomic mass is 9.83. The van der Waals surface area contributed by atoms with Crippen molar-refractivity contribution in [2.24, 2.45) is 5.92 Å². The van der Waals surface area contributed by atoms with Crippen LogP contribution in [0.5, 0.6) is 0 Å². The Morgan fingerprint density at radius 2 is 2.06 bits per heavy atom. The predicted octanol–water partition coefficient (Wildman–Crippen LogP) is 0.780. The fourth-order valence-corrected chi connectivity index (χ4v) is 1.76. The molecule has 2 N–H and O–H groups in total. The maximum absolute atomic E-state index is 11.1. The summed E-state index contributed by atoms with van der Waals surface area (Å²) in [5, 5.41) is 18.1. The van der Waals surface area contributed by atoms with Gasteiger partial charge in [-0.05, 0) is 25.5 Å². The van der Waals surface area contributed by atoms with Crippen LogP contribution >= 0.6 is 0 Å². The molecule has 0 bridgehead atoms. The average molecular weight is 252 g/mol. The lowest BCUT2D eigenvalue weighted by molar-refractivity contribution is -0.139. The molecule has 0 aliphatic heterocycles. The smallest absolute Gasteiger partial charge is 0.335 e. The highest BCUT2D eigenvalue weighted by molar-refractivity contribution is 5.96. The van der Waals surface area contributed by atoms with E-state index in [0.29, 0.717) is 0 Å². The van der Waals surface area contributed by atoms with E-state index in [1.54, 1.807) is 6.92 Å². The predicted molar refractivity (Wildman–Crippen MR) is 60.4 cm³/mol. The molecule has 0 amide bonds. The monoisotopic (exact) mass is 252 g/mol. The molecule has 96 valence electrons. The third-order valence-electron chi connectivity index (χ3n) is 2.57. The summed E-state index contributed by atoms with van der Waals surface area (Å²) in [6, 6.07) is 0. The normalized spacial score (nSPS) is 19.1. The first-order chi connectivity index (χ1) is 8.43. The number of allylic oxidation sites excluding steroid dienone is 1. The van der Waals surface area contributed by atoms with Gasteiger partial charge in [-0.25, -0.2) is 9.59 Å². The van der Waals surface area contributed by atoms with Gasteiger partial charge in [0.2, 0.25) is 0 Å². The molecule has 0 heterocycles. The van der Waals surface area contributed by atoms with Crippen LogP contribution in [0.3, 0.4) is 0 Å². The minimum Gasteiger partial charge on any atom is -0.493 e. The summed E-state index contributed by atoms with van der Waals surface area (Å²) in [5.74, 6) is -2.43. The van der Waals surface area contributed by atoms with Crippen molar-refractivity contribution >= 4 is 17.9 Å². The molecule has 1 atom stereocenters. The highest BCUT2D eigenvalue weighted by Gasteiger charge is 2.35. The third-order valence-corrected chi connectivity index (χ3v) is 2.57. The van der Waals surface area contributed by atoms with Gasteiger partial charge in [-0.2, -0.15) is 0 Å². The molecule has 0 fully saturated rings. The molecule has 0 aromatic heterocycles. The second kappa shape index (κ2) is 5.33. The summed E-state index contributed by atoms with van der Waals surface area (Å²) < 4.78 is 5.10. The maximum Gasteiger partial charge on any atom is 0.335 e. The maximum atomic E-state index is 11.1. The Morgan fingerprint density at radius 3 is 2.44 bits per heavy atom. The Hall–Kier alpha value is -2.33. The second-order valence-corrected chi connectivity index (χ2v) is 3.63. The van der Waals surface area contributed by atoms with Gasteiger partial charge in [-0.1, -0.05) is 0 Å². The number of rotatable bonds is 4. The minimum absolute atomic E-state index is 0.0529. The fourth-order valence-electron chi connectivity index (χ4n) is 1.76. The zero-order chi connectivity index (χ0) is 13.9. The lowest BCUT2D eigenvalue weighted by Crippen LogP contribution is -2.25. The van der Waals surface area contributed by atoms with Crippen LogP contribution in [-0.2, 0) is 19.1 Å². The molecular weight excluding hydrogens is 240 g/mol. The summed E-state index contributed by atoms with van der Waals surface area (Å²) in [7, 11) is 0. The summed E-state index contributed by atoms with van der Waals surface area (Å²) in [6.45, 7) is 3.19. The van der Waals surface area contributed by atoms with Crippen LogP contribution in [0.25, 0.3) is 0 Å². The van der Waals surface area contributed by atoms with Crippen molar-refractivity contribution < 1.29 is 29.3 Å².